The third-order valence-electron chi connectivity index (χ3n) is 3.20. The van der Waals surface area contributed by atoms with Gasteiger partial charge >= 0.3 is 0 Å². The third-order valence-corrected chi connectivity index (χ3v) is 6.74. The standard InChI is InChI=1S/C11H13ClN2O4S2/c1-13(9-4-5-19-7-9)20(17,18)11-6-8(14(15)16)2-3-10(11)12/h2-3,6,9H,4-5,7H2,1H3. The maximum absolute atomic E-state index is 12.5. The molecule has 6 nitrogen and oxygen atoms in total. The first-order valence-corrected chi connectivity index (χ1v) is 8.81. The highest BCUT2D eigenvalue weighted by Crippen LogP contribution is 2.31. The molecule has 1 aliphatic heterocycles. The Kier molecular flexibility index (Phi) is 4.58. The fourth-order valence-electron chi connectivity index (χ4n) is 1.96. The minimum atomic E-state index is -3.83. The lowest BCUT2D eigenvalue weighted by Crippen LogP contribution is -2.37. The minimum absolute atomic E-state index is 0.00639. The van der Waals surface area contributed by atoms with Crippen LogP contribution in [0, 0.1) is 10.1 Å². The van der Waals surface area contributed by atoms with Gasteiger partial charge in [-0.3, -0.25) is 10.1 Å². The van der Waals surface area contributed by atoms with E-state index in [1.165, 1.54) is 23.5 Å². The van der Waals surface area contributed by atoms with E-state index in [1.807, 2.05) is 0 Å². The van der Waals surface area contributed by atoms with Crippen LogP contribution in [-0.2, 0) is 10.0 Å². The number of non-ortho nitro benzene ring substituents is 1. The van der Waals surface area contributed by atoms with Crippen molar-refractivity contribution in [3.63, 3.8) is 0 Å². The number of nitro groups is 1. The molecule has 20 heavy (non-hydrogen) atoms. The van der Waals surface area contributed by atoms with E-state index in [9.17, 15) is 18.5 Å². The lowest BCUT2D eigenvalue weighted by atomic mass is 10.3. The van der Waals surface area contributed by atoms with Gasteiger partial charge in [-0.2, -0.15) is 16.1 Å². The van der Waals surface area contributed by atoms with Crippen molar-refractivity contribution in [2.45, 2.75) is 17.4 Å². The summed E-state index contributed by atoms with van der Waals surface area (Å²) in [5.41, 5.74) is -0.290. The van der Waals surface area contributed by atoms with Crippen LogP contribution in [0.2, 0.25) is 5.02 Å². The third kappa shape index (κ3) is 2.93. The van der Waals surface area contributed by atoms with Gasteiger partial charge in [0.15, 0.2) is 0 Å². The maximum Gasteiger partial charge on any atom is 0.270 e. The van der Waals surface area contributed by atoms with Crippen LogP contribution in [0.15, 0.2) is 23.1 Å². The van der Waals surface area contributed by atoms with Gasteiger partial charge in [-0.15, -0.1) is 0 Å². The first-order valence-electron chi connectivity index (χ1n) is 5.84. The van der Waals surface area contributed by atoms with E-state index in [2.05, 4.69) is 0 Å². The van der Waals surface area contributed by atoms with E-state index in [1.54, 1.807) is 11.8 Å². The molecule has 0 saturated carbocycles. The Labute approximate surface area is 126 Å². The van der Waals surface area contributed by atoms with E-state index < -0.39 is 14.9 Å². The molecule has 110 valence electrons. The predicted molar refractivity (Wildman–Crippen MR) is 78.8 cm³/mol. The van der Waals surface area contributed by atoms with Crippen LogP contribution >= 0.6 is 23.4 Å². The smallest absolute Gasteiger partial charge is 0.258 e. The predicted octanol–water partition coefficient (Wildman–Crippen LogP) is 2.37. The highest BCUT2D eigenvalue weighted by Gasteiger charge is 2.32. The van der Waals surface area contributed by atoms with Crippen molar-refractivity contribution in [2.24, 2.45) is 0 Å². The number of hydrogen-bond donors (Lipinski definition) is 0. The molecular weight excluding hydrogens is 324 g/mol. The lowest BCUT2D eigenvalue weighted by Gasteiger charge is -2.23. The van der Waals surface area contributed by atoms with E-state index in [0.29, 0.717) is 0 Å². The number of halogens is 1. The number of nitro benzene ring substituents is 1. The average molecular weight is 337 g/mol. The second-order valence-electron chi connectivity index (χ2n) is 4.41. The van der Waals surface area contributed by atoms with Gasteiger partial charge in [0.2, 0.25) is 10.0 Å². The first kappa shape index (κ1) is 15.6. The van der Waals surface area contributed by atoms with Crippen molar-refractivity contribution in [2.75, 3.05) is 18.6 Å². The molecular formula is C11H13ClN2O4S2. The summed E-state index contributed by atoms with van der Waals surface area (Å²) in [7, 11) is -2.34. The molecule has 0 spiro atoms. The van der Waals surface area contributed by atoms with Gasteiger partial charge in [0.1, 0.15) is 4.90 Å². The molecule has 1 unspecified atom stereocenters. The fourth-order valence-corrected chi connectivity index (χ4v) is 5.20. The number of benzene rings is 1. The van der Waals surface area contributed by atoms with Gasteiger partial charge in [0, 0.05) is 31.0 Å². The monoisotopic (exact) mass is 336 g/mol. The van der Waals surface area contributed by atoms with Gasteiger partial charge in [0.25, 0.3) is 5.69 Å². The summed E-state index contributed by atoms with van der Waals surface area (Å²) in [5.74, 6) is 1.63. The number of sulfonamides is 1. The Morgan fingerprint density at radius 3 is 2.75 bits per heavy atom. The van der Waals surface area contributed by atoms with Crippen LogP contribution in [0.3, 0.4) is 0 Å². The molecule has 9 heteroatoms. The quantitative estimate of drug-likeness (QED) is 0.623. The maximum atomic E-state index is 12.5. The summed E-state index contributed by atoms with van der Waals surface area (Å²) in [5, 5.41) is 10.8. The Hall–Kier alpha value is -0.830. The molecule has 0 bridgehead atoms. The minimum Gasteiger partial charge on any atom is -0.258 e. The zero-order chi connectivity index (χ0) is 14.9. The van der Waals surface area contributed by atoms with Crippen LogP contribution in [0.1, 0.15) is 6.42 Å². The van der Waals surface area contributed by atoms with Crippen LogP contribution in [0.5, 0.6) is 0 Å². The SMILES string of the molecule is CN(C1CCSC1)S(=O)(=O)c1cc([N+](=O)[O-])ccc1Cl. The molecule has 1 atom stereocenters. The second-order valence-corrected chi connectivity index (χ2v) is 7.93. The molecule has 0 radical (unpaired) electrons. The topological polar surface area (TPSA) is 80.5 Å². The molecule has 1 aliphatic rings. The largest absolute Gasteiger partial charge is 0.270 e. The van der Waals surface area contributed by atoms with Crippen LogP contribution < -0.4 is 0 Å². The van der Waals surface area contributed by atoms with Crippen molar-refractivity contribution in [1.29, 1.82) is 0 Å². The van der Waals surface area contributed by atoms with Crippen molar-refractivity contribution in [3.05, 3.63) is 33.3 Å². The van der Waals surface area contributed by atoms with Gasteiger partial charge < -0.3 is 0 Å². The Balaban J connectivity index is 2.42. The molecule has 1 heterocycles. The summed E-state index contributed by atoms with van der Waals surface area (Å²) >= 11 is 7.59. The summed E-state index contributed by atoms with van der Waals surface area (Å²) in [6, 6.07) is 3.34. The normalized spacial score (nSPS) is 19.4. The Morgan fingerprint density at radius 1 is 1.50 bits per heavy atom. The number of rotatable bonds is 4. The van der Waals surface area contributed by atoms with Gasteiger partial charge in [-0.05, 0) is 18.2 Å². The fraction of sp³-hybridized carbons (Fsp3) is 0.455. The molecule has 1 aromatic carbocycles. The highest BCUT2D eigenvalue weighted by atomic mass is 35.5. The van der Waals surface area contributed by atoms with Gasteiger partial charge in [-0.25, -0.2) is 8.42 Å². The van der Waals surface area contributed by atoms with Gasteiger partial charge in [0.05, 0.1) is 9.95 Å². The highest BCUT2D eigenvalue weighted by molar-refractivity contribution is 7.99. The van der Waals surface area contributed by atoms with Crippen molar-refractivity contribution >= 4 is 39.1 Å². The van der Waals surface area contributed by atoms with Crippen LogP contribution in [-0.4, -0.2) is 42.2 Å². The molecule has 2 rings (SSSR count). The van der Waals surface area contributed by atoms with E-state index >= 15 is 0 Å². The van der Waals surface area contributed by atoms with Crippen LogP contribution in [0.4, 0.5) is 5.69 Å². The van der Waals surface area contributed by atoms with Crippen molar-refractivity contribution < 1.29 is 13.3 Å². The molecule has 0 amide bonds. The Morgan fingerprint density at radius 2 is 2.20 bits per heavy atom. The summed E-state index contributed by atoms with van der Waals surface area (Å²) in [6.45, 7) is 0. The first-order chi connectivity index (χ1) is 9.34. The number of thioether (sulfide) groups is 1. The summed E-state index contributed by atoms with van der Waals surface area (Å²) in [4.78, 5) is 9.92. The number of hydrogen-bond acceptors (Lipinski definition) is 5. The zero-order valence-corrected chi connectivity index (χ0v) is 13.0. The van der Waals surface area contributed by atoms with Gasteiger partial charge in [-0.1, -0.05) is 11.6 Å². The molecule has 1 saturated heterocycles. The molecule has 0 aromatic heterocycles. The molecule has 1 aromatic rings. The number of nitrogens with zero attached hydrogens (tertiary/aromatic N) is 2. The second kappa shape index (κ2) is 5.88. The Bertz CT molecular complexity index is 629. The van der Waals surface area contributed by atoms with E-state index in [0.717, 1.165) is 24.0 Å². The van der Waals surface area contributed by atoms with Crippen LogP contribution in [0.25, 0.3) is 0 Å². The summed E-state index contributed by atoms with van der Waals surface area (Å²) in [6.07, 6.45) is 0.771. The average Bonchev–Trinajstić information content (AvgIpc) is 2.91. The van der Waals surface area contributed by atoms with E-state index in [4.69, 9.17) is 11.6 Å². The van der Waals surface area contributed by atoms with Crippen molar-refractivity contribution in [1.82, 2.24) is 4.31 Å². The molecule has 1 fully saturated rings. The molecule has 0 aliphatic carbocycles. The molecule has 0 N–H and O–H groups in total. The zero-order valence-electron chi connectivity index (χ0n) is 10.7. The lowest BCUT2D eigenvalue weighted by molar-refractivity contribution is -0.385. The van der Waals surface area contributed by atoms with Crippen molar-refractivity contribution in [3.8, 4) is 0 Å². The summed E-state index contributed by atoms with van der Waals surface area (Å²) < 4.78 is 26.3. The van der Waals surface area contributed by atoms with E-state index in [-0.39, 0.29) is 21.6 Å².